The molecular weight excluding hydrogens is 249 g/mol. The third kappa shape index (κ3) is 1.79. The molecule has 3 rings (SSSR count). The topological polar surface area (TPSA) is 15.8 Å². The van der Waals surface area contributed by atoms with Crippen LogP contribution in [0.1, 0.15) is 5.56 Å². The van der Waals surface area contributed by atoms with E-state index >= 15 is 0 Å². The van der Waals surface area contributed by atoms with E-state index in [0.29, 0.717) is 10.6 Å². The number of aryl methyl sites for hydroxylation is 1. The first-order valence-corrected chi connectivity index (χ1v) is 6.07. The molecular formula is C15H11ClFN. The Morgan fingerprint density at radius 2 is 1.94 bits per heavy atom. The van der Waals surface area contributed by atoms with Crippen molar-refractivity contribution in [2.75, 3.05) is 0 Å². The summed E-state index contributed by atoms with van der Waals surface area (Å²) in [6, 6.07) is 12.8. The first kappa shape index (κ1) is 11.3. The minimum atomic E-state index is -0.187. The number of hydrogen-bond acceptors (Lipinski definition) is 0. The summed E-state index contributed by atoms with van der Waals surface area (Å²) in [5, 5.41) is 1.70. The van der Waals surface area contributed by atoms with Gasteiger partial charge in [-0.05, 0) is 54.4 Å². The highest BCUT2D eigenvalue weighted by Crippen LogP contribution is 2.29. The van der Waals surface area contributed by atoms with E-state index < -0.39 is 0 Å². The van der Waals surface area contributed by atoms with Gasteiger partial charge >= 0.3 is 0 Å². The Hall–Kier alpha value is -1.80. The fraction of sp³-hybridized carbons (Fsp3) is 0.0667. The standard InChI is InChI=1S/C15H11ClFN/c1-9-7-10(5-6-13(9)17)15-8-11-12(16)3-2-4-14(11)18-15/h2-8,18H,1H3. The Morgan fingerprint density at radius 1 is 1.11 bits per heavy atom. The molecule has 0 saturated heterocycles. The highest BCUT2D eigenvalue weighted by Gasteiger charge is 2.07. The van der Waals surface area contributed by atoms with Crippen molar-refractivity contribution in [2.24, 2.45) is 0 Å². The van der Waals surface area contributed by atoms with E-state index in [1.54, 1.807) is 13.0 Å². The van der Waals surface area contributed by atoms with Crippen molar-refractivity contribution in [2.45, 2.75) is 6.92 Å². The lowest BCUT2D eigenvalue weighted by Gasteiger charge is -2.00. The van der Waals surface area contributed by atoms with Gasteiger partial charge < -0.3 is 4.98 Å². The molecule has 1 N–H and O–H groups in total. The second kappa shape index (κ2) is 4.14. The van der Waals surface area contributed by atoms with E-state index in [1.165, 1.54) is 6.07 Å². The number of halogens is 2. The second-order valence-electron chi connectivity index (χ2n) is 4.35. The molecule has 3 aromatic rings. The van der Waals surface area contributed by atoms with Gasteiger partial charge in [-0.1, -0.05) is 17.7 Å². The van der Waals surface area contributed by atoms with Crippen LogP contribution < -0.4 is 0 Å². The van der Waals surface area contributed by atoms with Crippen molar-refractivity contribution in [3.63, 3.8) is 0 Å². The predicted octanol–water partition coefficient (Wildman–Crippen LogP) is 4.94. The summed E-state index contributed by atoms with van der Waals surface area (Å²) in [5.74, 6) is -0.187. The molecule has 0 aliphatic carbocycles. The van der Waals surface area contributed by atoms with Crippen LogP contribution in [0, 0.1) is 12.7 Å². The van der Waals surface area contributed by atoms with Crippen molar-refractivity contribution in [3.8, 4) is 11.3 Å². The van der Waals surface area contributed by atoms with Gasteiger partial charge in [0.25, 0.3) is 0 Å². The summed E-state index contributed by atoms with van der Waals surface area (Å²) in [6.45, 7) is 1.76. The largest absolute Gasteiger partial charge is 0.354 e. The molecule has 1 nitrogen and oxygen atoms in total. The van der Waals surface area contributed by atoms with E-state index in [9.17, 15) is 4.39 Å². The van der Waals surface area contributed by atoms with E-state index in [2.05, 4.69) is 4.98 Å². The molecule has 0 aliphatic heterocycles. The highest BCUT2D eigenvalue weighted by atomic mass is 35.5. The van der Waals surface area contributed by atoms with Crippen LogP contribution >= 0.6 is 11.6 Å². The van der Waals surface area contributed by atoms with E-state index in [-0.39, 0.29) is 5.82 Å². The number of hydrogen-bond donors (Lipinski definition) is 1. The molecule has 0 radical (unpaired) electrons. The third-order valence-corrected chi connectivity index (χ3v) is 3.41. The molecule has 0 bridgehead atoms. The summed E-state index contributed by atoms with van der Waals surface area (Å²) >= 11 is 6.13. The fourth-order valence-corrected chi connectivity index (χ4v) is 2.32. The number of aromatic amines is 1. The number of nitrogens with one attached hydrogen (secondary N) is 1. The molecule has 0 saturated carbocycles. The lowest BCUT2D eigenvalue weighted by Crippen LogP contribution is -1.84. The van der Waals surface area contributed by atoms with E-state index in [4.69, 9.17) is 11.6 Å². The zero-order valence-electron chi connectivity index (χ0n) is 9.80. The lowest BCUT2D eigenvalue weighted by atomic mass is 10.1. The van der Waals surface area contributed by atoms with Gasteiger partial charge in [-0.2, -0.15) is 0 Å². The highest BCUT2D eigenvalue weighted by molar-refractivity contribution is 6.35. The van der Waals surface area contributed by atoms with Gasteiger partial charge in [-0.3, -0.25) is 0 Å². The zero-order valence-corrected chi connectivity index (χ0v) is 10.6. The Kier molecular flexibility index (Phi) is 2.60. The lowest BCUT2D eigenvalue weighted by molar-refractivity contribution is 0.619. The molecule has 0 unspecified atom stereocenters. The molecule has 0 atom stereocenters. The smallest absolute Gasteiger partial charge is 0.126 e. The number of rotatable bonds is 1. The normalized spacial score (nSPS) is 11.1. The first-order chi connectivity index (χ1) is 8.65. The van der Waals surface area contributed by atoms with Crippen LogP contribution in [0.4, 0.5) is 4.39 Å². The quantitative estimate of drug-likeness (QED) is 0.637. The second-order valence-corrected chi connectivity index (χ2v) is 4.76. The maximum Gasteiger partial charge on any atom is 0.126 e. The predicted molar refractivity (Wildman–Crippen MR) is 73.4 cm³/mol. The van der Waals surface area contributed by atoms with Gasteiger partial charge in [0, 0.05) is 21.6 Å². The van der Waals surface area contributed by atoms with Crippen molar-refractivity contribution in [1.29, 1.82) is 0 Å². The number of aromatic nitrogens is 1. The summed E-state index contributed by atoms with van der Waals surface area (Å²) in [5.41, 5.74) is 3.53. The first-order valence-electron chi connectivity index (χ1n) is 5.69. The fourth-order valence-electron chi connectivity index (χ4n) is 2.09. The van der Waals surface area contributed by atoms with Crippen LogP contribution in [0.3, 0.4) is 0 Å². The minimum absolute atomic E-state index is 0.187. The molecule has 0 aliphatic rings. The third-order valence-electron chi connectivity index (χ3n) is 3.08. The summed E-state index contributed by atoms with van der Waals surface area (Å²) in [7, 11) is 0. The average Bonchev–Trinajstić information content (AvgIpc) is 2.78. The van der Waals surface area contributed by atoms with E-state index in [0.717, 1.165) is 22.2 Å². The number of H-pyrrole nitrogens is 1. The van der Waals surface area contributed by atoms with Crippen LogP contribution in [0.5, 0.6) is 0 Å². The van der Waals surface area contributed by atoms with Crippen LogP contribution in [-0.2, 0) is 0 Å². The van der Waals surface area contributed by atoms with Crippen LogP contribution in [-0.4, -0.2) is 4.98 Å². The molecule has 18 heavy (non-hydrogen) atoms. The number of benzene rings is 2. The van der Waals surface area contributed by atoms with Crippen LogP contribution in [0.25, 0.3) is 22.2 Å². The molecule has 0 fully saturated rings. The van der Waals surface area contributed by atoms with Gasteiger partial charge in [0.1, 0.15) is 5.82 Å². The summed E-state index contributed by atoms with van der Waals surface area (Å²) in [6.07, 6.45) is 0. The van der Waals surface area contributed by atoms with Crippen molar-refractivity contribution < 1.29 is 4.39 Å². The number of fused-ring (bicyclic) bond motifs is 1. The Bertz CT molecular complexity index is 730. The van der Waals surface area contributed by atoms with Gasteiger partial charge in [0.05, 0.1) is 0 Å². The van der Waals surface area contributed by atoms with Crippen molar-refractivity contribution in [1.82, 2.24) is 4.98 Å². The molecule has 1 heterocycles. The minimum Gasteiger partial charge on any atom is -0.354 e. The Labute approximate surface area is 109 Å². The molecule has 1 aromatic heterocycles. The maximum atomic E-state index is 13.3. The summed E-state index contributed by atoms with van der Waals surface area (Å²) < 4.78 is 13.3. The van der Waals surface area contributed by atoms with E-state index in [1.807, 2.05) is 30.3 Å². The molecule has 3 heteroatoms. The summed E-state index contributed by atoms with van der Waals surface area (Å²) in [4.78, 5) is 3.29. The Morgan fingerprint density at radius 3 is 2.67 bits per heavy atom. The van der Waals surface area contributed by atoms with Crippen LogP contribution in [0.2, 0.25) is 5.02 Å². The maximum absolute atomic E-state index is 13.3. The van der Waals surface area contributed by atoms with Gasteiger partial charge in [0.15, 0.2) is 0 Å². The monoisotopic (exact) mass is 259 g/mol. The van der Waals surface area contributed by atoms with Crippen molar-refractivity contribution >= 4 is 22.5 Å². The van der Waals surface area contributed by atoms with Crippen molar-refractivity contribution in [3.05, 3.63) is 58.9 Å². The zero-order chi connectivity index (χ0) is 12.7. The molecule has 2 aromatic carbocycles. The molecule has 0 amide bonds. The average molecular weight is 260 g/mol. The SMILES string of the molecule is Cc1cc(-c2cc3c(Cl)cccc3[nH]2)ccc1F. The van der Waals surface area contributed by atoms with Gasteiger partial charge in [-0.15, -0.1) is 0 Å². The van der Waals surface area contributed by atoms with Gasteiger partial charge in [-0.25, -0.2) is 4.39 Å². The molecule has 0 spiro atoms. The molecule has 90 valence electrons. The van der Waals surface area contributed by atoms with Crippen LogP contribution in [0.15, 0.2) is 42.5 Å². The Balaban J connectivity index is 2.19. The van der Waals surface area contributed by atoms with Gasteiger partial charge in [0.2, 0.25) is 0 Å².